The van der Waals surface area contributed by atoms with Gasteiger partial charge < -0.3 is 10.1 Å². The van der Waals surface area contributed by atoms with E-state index >= 15 is 0 Å². The number of ether oxygens (including phenoxy) is 1. The fraction of sp³-hybridized carbons (Fsp3) is 0.0455. The van der Waals surface area contributed by atoms with Gasteiger partial charge in [0.25, 0.3) is 0 Å². The molecule has 2 aromatic carbocycles. The second-order valence-electron chi connectivity index (χ2n) is 6.04. The Labute approximate surface area is 161 Å². The molecule has 6 heteroatoms. The molecule has 0 bridgehead atoms. The summed E-state index contributed by atoms with van der Waals surface area (Å²) in [7, 11) is 1.62. The van der Waals surface area contributed by atoms with E-state index in [9.17, 15) is 4.39 Å². The van der Waals surface area contributed by atoms with Crippen LogP contribution in [0.25, 0.3) is 22.6 Å². The number of rotatable bonds is 5. The summed E-state index contributed by atoms with van der Waals surface area (Å²) in [4.78, 5) is 13.3. The maximum Gasteiger partial charge on any atom is 0.163 e. The number of pyridine rings is 1. The SMILES string of the molecule is COc1ccc(Nc2cc(-c3ccccc3F)nc(-c3cccnc3)n2)cc1. The van der Waals surface area contributed by atoms with E-state index in [2.05, 4.69) is 20.3 Å². The maximum atomic E-state index is 14.3. The van der Waals surface area contributed by atoms with Crippen LogP contribution in [0.2, 0.25) is 0 Å². The summed E-state index contributed by atoms with van der Waals surface area (Å²) >= 11 is 0. The normalized spacial score (nSPS) is 10.5. The van der Waals surface area contributed by atoms with Gasteiger partial charge in [-0.2, -0.15) is 0 Å². The van der Waals surface area contributed by atoms with Gasteiger partial charge in [0.05, 0.1) is 12.8 Å². The van der Waals surface area contributed by atoms with Crippen LogP contribution in [-0.4, -0.2) is 22.1 Å². The van der Waals surface area contributed by atoms with Crippen LogP contribution in [0, 0.1) is 5.82 Å². The summed E-state index contributed by atoms with van der Waals surface area (Å²) in [5.41, 5.74) is 2.48. The summed E-state index contributed by atoms with van der Waals surface area (Å²) in [5.74, 6) is 1.44. The summed E-state index contributed by atoms with van der Waals surface area (Å²) in [6, 6.07) is 19.4. The highest BCUT2D eigenvalue weighted by molar-refractivity contribution is 5.70. The number of methoxy groups -OCH3 is 1. The first-order chi connectivity index (χ1) is 13.7. The van der Waals surface area contributed by atoms with Crippen LogP contribution in [0.5, 0.6) is 5.75 Å². The fourth-order valence-corrected chi connectivity index (χ4v) is 2.76. The molecule has 2 heterocycles. The van der Waals surface area contributed by atoms with E-state index < -0.39 is 0 Å². The van der Waals surface area contributed by atoms with Crippen LogP contribution in [0.1, 0.15) is 0 Å². The average molecular weight is 372 g/mol. The summed E-state index contributed by atoms with van der Waals surface area (Å²) in [6.45, 7) is 0. The van der Waals surface area contributed by atoms with Gasteiger partial charge in [-0.15, -0.1) is 0 Å². The van der Waals surface area contributed by atoms with Gasteiger partial charge in [-0.25, -0.2) is 14.4 Å². The Morgan fingerprint density at radius 3 is 2.46 bits per heavy atom. The Morgan fingerprint density at radius 2 is 1.75 bits per heavy atom. The number of aromatic nitrogens is 3. The molecule has 2 aromatic heterocycles. The van der Waals surface area contributed by atoms with Crippen molar-refractivity contribution in [3.8, 4) is 28.4 Å². The smallest absolute Gasteiger partial charge is 0.163 e. The van der Waals surface area contributed by atoms with Gasteiger partial charge in [0.2, 0.25) is 0 Å². The topological polar surface area (TPSA) is 59.9 Å². The zero-order valence-electron chi connectivity index (χ0n) is 15.1. The molecule has 0 amide bonds. The van der Waals surface area contributed by atoms with E-state index in [4.69, 9.17) is 4.74 Å². The van der Waals surface area contributed by atoms with Gasteiger partial charge in [0.15, 0.2) is 5.82 Å². The molecule has 0 spiro atoms. The minimum absolute atomic E-state index is 0.339. The van der Waals surface area contributed by atoms with Crippen molar-refractivity contribution in [1.29, 1.82) is 0 Å². The number of benzene rings is 2. The third kappa shape index (κ3) is 3.81. The standard InChI is InChI=1S/C22H17FN4O/c1-28-17-10-8-16(9-11-17)25-21-13-20(18-6-2-3-7-19(18)23)26-22(27-21)15-5-4-12-24-14-15/h2-14H,1H3,(H,25,26,27). The molecule has 0 radical (unpaired) electrons. The Balaban J connectivity index is 1.78. The zero-order valence-corrected chi connectivity index (χ0v) is 15.1. The minimum atomic E-state index is -0.339. The van der Waals surface area contributed by atoms with Crippen molar-refractivity contribution in [3.63, 3.8) is 0 Å². The predicted molar refractivity (Wildman–Crippen MR) is 107 cm³/mol. The third-order valence-corrected chi connectivity index (χ3v) is 4.16. The number of anilines is 2. The monoisotopic (exact) mass is 372 g/mol. The van der Waals surface area contributed by atoms with Crippen molar-refractivity contribution >= 4 is 11.5 Å². The molecule has 4 aromatic rings. The lowest BCUT2D eigenvalue weighted by Gasteiger charge is -2.11. The van der Waals surface area contributed by atoms with E-state index in [1.165, 1.54) is 6.07 Å². The van der Waals surface area contributed by atoms with Crippen LogP contribution >= 0.6 is 0 Å². The van der Waals surface area contributed by atoms with Crippen molar-refractivity contribution in [1.82, 2.24) is 15.0 Å². The molecule has 0 saturated heterocycles. The molecule has 28 heavy (non-hydrogen) atoms. The van der Waals surface area contributed by atoms with Gasteiger partial charge in [-0.3, -0.25) is 4.98 Å². The van der Waals surface area contributed by atoms with Crippen molar-refractivity contribution in [2.75, 3.05) is 12.4 Å². The Hall–Kier alpha value is -3.80. The molecule has 4 rings (SSSR count). The molecule has 0 saturated carbocycles. The van der Waals surface area contributed by atoms with E-state index in [0.29, 0.717) is 22.9 Å². The first-order valence-electron chi connectivity index (χ1n) is 8.68. The van der Waals surface area contributed by atoms with Crippen molar-refractivity contribution < 1.29 is 9.13 Å². The van der Waals surface area contributed by atoms with Gasteiger partial charge >= 0.3 is 0 Å². The third-order valence-electron chi connectivity index (χ3n) is 4.16. The summed E-state index contributed by atoms with van der Waals surface area (Å²) in [5, 5.41) is 3.25. The minimum Gasteiger partial charge on any atom is -0.497 e. The number of hydrogen-bond acceptors (Lipinski definition) is 5. The molecular formula is C22H17FN4O. The molecule has 0 aliphatic heterocycles. The lowest BCUT2D eigenvalue weighted by Crippen LogP contribution is -2.00. The summed E-state index contributed by atoms with van der Waals surface area (Å²) < 4.78 is 19.5. The first kappa shape index (κ1) is 17.6. The average Bonchev–Trinajstić information content (AvgIpc) is 2.75. The molecule has 0 aliphatic carbocycles. The van der Waals surface area contributed by atoms with Crippen molar-refractivity contribution in [2.24, 2.45) is 0 Å². The Kier molecular flexibility index (Phi) is 4.93. The molecule has 138 valence electrons. The number of hydrogen-bond donors (Lipinski definition) is 1. The zero-order chi connectivity index (χ0) is 19.3. The van der Waals surface area contributed by atoms with Crippen LogP contribution in [0.4, 0.5) is 15.9 Å². The van der Waals surface area contributed by atoms with E-state index in [0.717, 1.165) is 17.0 Å². The van der Waals surface area contributed by atoms with E-state index in [-0.39, 0.29) is 5.82 Å². The van der Waals surface area contributed by atoms with Crippen molar-refractivity contribution in [2.45, 2.75) is 0 Å². The molecule has 0 fully saturated rings. The van der Waals surface area contributed by atoms with Crippen LogP contribution in [-0.2, 0) is 0 Å². The highest BCUT2D eigenvalue weighted by Crippen LogP contribution is 2.27. The second kappa shape index (κ2) is 7.84. The Bertz CT molecular complexity index is 1090. The second-order valence-corrected chi connectivity index (χ2v) is 6.04. The van der Waals surface area contributed by atoms with Crippen LogP contribution in [0.15, 0.2) is 79.1 Å². The van der Waals surface area contributed by atoms with Crippen molar-refractivity contribution in [3.05, 3.63) is 84.9 Å². The van der Waals surface area contributed by atoms with Gasteiger partial charge in [0.1, 0.15) is 17.4 Å². The lowest BCUT2D eigenvalue weighted by molar-refractivity contribution is 0.415. The lowest BCUT2D eigenvalue weighted by atomic mass is 10.1. The van der Waals surface area contributed by atoms with E-state index in [1.54, 1.807) is 43.8 Å². The molecular weight excluding hydrogens is 355 g/mol. The van der Waals surface area contributed by atoms with E-state index in [1.807, 2.05) is 36.4 Å². The molecule has 1 N–H and O–H groups in total. The van der Waals surface area contributed by atoms with Crippen LogP contribution in [0.3, 0.4) is 0 Å². The molecule has 0 unspecified atom stereocenters. The highest BCUT2D eigenvalue weighted by Gasteiger charge is 2.12. The number of nitrogens with one attached hydrogen (secondary N) is 1. The van der Waals surface area contributed by atoms with Gasteiger partial charge in [-0.1, -0.05) is 12.1 Å². The first-order valence-corrected chi connectivity index (χ1v) is 8.68. The number of halogens is 1. The number of nitrogens with zero attached hydrogens (tertiary/aromatic N) is 3. The molecule has 0 atom stereocenters. The largest absolute Gasteiger partial charge is 0.497 e. The predicted octanol–water partition coefficient (Wildman–Crippen LogP) is 5.10. The fourth-order valence-electron chi connectivity index (χ4n) is 2.76. The van der Waals surface area contributed by atoms with Crippen LogP contribution < -0.4 is 10.1 Å². The maximum absolute atomic E-state index is 14.3. The Morgan fingerprint density at radius 1 is 0.929 bits per heavy atom. The molecule has 5 nitrogen and oxygen atoms in total. The van der Waals surface area contributed by atoms with Gasteiger partial charge in [-0.05, 0) is 48.5 Å². The molecule has 0 aliphatic rings. The quantitative estimate of drug-likeness (QED) is 0.528. The van der Waals surface area contributed by atoms with Gasteiger partial charge in [0, 0.05) is 35.3 Å². The highest BCUT2D eigenvalue weighted by atomic mass is 19.1. The summed E-state index contributed by atoms with van der Waals surface area (Å²) in [6.07, 6.45) is 3.36.